The molecule has 98 valence electrons. The van der Waals surface area contributed by atoms with Crippen LogP contribution in [0.5, 0.6) is 5.75 Å². The van der Waals surface area contributed by atoms with E-state index in [1.807, 2.05) is 0 Å². The van der Waals surface area contributed by atoms with E-state index in [4.69, 9.17) is 0 Å². The molecule has 2 N–H and O–H groups in total. The number of aromatic hydroxyl groups is 1. The average Bonchev–Trinajstić information content (AvgIpc) is 2.27. The summed E-state index contributed by atoms with van der Waals surface area (Å²) in [5.41, 5.74) is 1.32. The first-order valence-corrected chi connectivity index (χ1v) is 6.62. The SMILES string of the molecule is CC1(C)[C@H]2Cc3c(O)ccc(F)c3[C@@]1(C)CCN2. The van der Waals surface area contributed by atoms with Crippen LogP contribution in [0.2, 0.25) is 0 Å². The van der Waals surface area contributed by atoms with Gasteiger partial charge in [-0.05, 0) is 36.9 Å². The normalized spacial score (nSPS) is 33.0. The minimum atomic E-state index is -0.209. The first-order chi connectivity index (χ1) is 8.38. The summed E-state index contributed by atoms with van der Waals surface area (Å²) in [5.74, 6) is 0.0700. The summed E-state index contributed by atoms with van der Waals surface area (Å²) in [5, 5.41) is 13.5. The lowest BCUT2D eigenvalue weighted by atomic mass is 9.51. The lowest BCUT2D eigenvalue weighted by Crippen LogP contribution is -2.62. The van der Waals surface area contributed by atoms with Gasteiger partial charge in [-0.1, -0.05) is 20.8 Å². The maximum absolute atomic E-state index is 14.3. The van der Waals surface area contributed by atoms with Gasteiger partial charge in [0.2, 0.25) is 0 Å². The van der Waals surface area contributed by atoms with E-state index in [1.165, 1.54) is 12.1 Å². The average molecular weight is 249 g/mol. The summed E-state index contributed by atoms with van der Waals surface area (Å²) < 4.78 is 14.3. The fourth-order valence-corrected chi connectivity index (χ4v) is 3.85. The number of fused-ring (bicyclic) bond motifs is 4. The van der Waals surface area contributed by atoms with Gasteiger partial charge in [-0.25, -0.2) is 4.39 Å². The predicted molar refractivity (Wildman–Crippen MR) is 69.3 cm³/mol. The summed E-state index contributed by atoms with van der Waals surface area (Å²) in [6.07, 6.45) is 1.62. The lowest BCUT2D eigenvalue weighted by molar-refractivity contribution is 0.0519. The van der Waals surface area contributed by atoms with Crippen molar-refractivity contribution in [3.05, 3.63) is 29.1 Å². The molecular weight excluding hydrogens is 229 g/mol. The van der Waals surface area contributed by atoms with Crippen LogP contribution in [0.1, 0.15) is 38.3 Å². The zero-order valence-corrected chi connectivity index (χ0v) is 11.2. The van der Waals surface area contributed by atoms with Gasteiger partial charge in [0.1, 0.15) is 11.6 Å². The smallest absolute Gasteiger partial charge is 0.127 e. The molecule has 1 aliphatic carbocycles. The third kappa shape index (κ3) is 1.26. The molecule has 1 aromatic rings. The Balaban J connectivity index is 2.31. The van der Waals surface area contributed by atoms with Crippen molar-refractivity contribution in [2.24, 2.45) is 5.41 Å². The molecule has 0 spiro atoms. The summed E-state index contributed by atoms with van der Waals surface area (Å²) >= 11 is 0. The third-order valence-corrected chi connectivity index (χ3v) is 5.51. The van der Waals surface area contributed by atoms with Crippen molar-refractivity contribution >= 4 is 0 Å². The molecule has 1 aliphatic heterocycles. The molecule has 1 saturated heterocycles. The molecule has 0 amide bonds. The molecule has 0 aromatic heterocycles. The summed E-state index contributed by atoms with van der Waals surface area (Å²) in [6, 6.07) is 3.18. The Morgan fingerprint density at radius 1 is 1.33 bits per heavy atom. The van der Waals surface area contributed by atoms with E-state index in [1.54, 1.807) is 0 Å². The van der Waals surface area contributed by atoms with E-state index in [9.17, 15) is 9.50 Å². The molecule has 1 aromatic carbocycles. The monoisotopic (exact) mass is 249 g/mol. The number of hydrogen-bond donors (Lipinski definition) is 2. The lowest BCUT2D eigenvalue weighted by Gasteiger charge is -2.57. The fraction of sp³-hybridized carbons (Fsp3) is 0.600. The Bertz CT molecular complexity index is 511. The first-order valence-electron chi connectivity index (χ1n) is 6.62. The van der Waals surface area contributed by atoms with Gasteiger partial charge in [0.25, 0.3) is 0 Å². The predicted octanol–water partition coefficient (Wildman–Crippen LogP) is 2.73. The van der Waals surface area contributed by atoms with Crippen molar-refractivity contribution in [2.45, 2.75) is 45.1 Å². The van der Waals surface area contributed by atoms with Crippen LogP contribution in [0.3, 0.4) is 0 Å². The molecule has 1 heterocycles. The number of hydrogen-bond acceptors (Lipinski definition) is 2. The van der Waals surface area contributed by atoms with Crippen molar-refractivity contribution in [1.82, 2.24) is 5.32 Å². The van der Waals surface area contributed by atoms with Gasteiger partial charge in [-0.15, -0.1) is 0 Å². The molecule has 1 fully saturated rings. The number of phenols is 1. The van der Waals surface area contributed by atoms with E-state index in [2.05, 4.69) is 26.1 Å². The summed E-state index contributed by atoms with van der Waals surface area (Å²) in [6.45, 7) is 7.47. The van der Waals surface area contributed by atoms with Crippen molar-refractivity contribution in [2.75, 3.05) is 6.54 Å². The number of benzene rings is 1. The van der Waals surface area contributed by atoms with Crippen molar-refractivity contribution < 1.29 is 9.50 Å². The van der Waals surface area contributed by atoms with Crippen molar-refractivity contribution in [3.63, 3.8) is 0 Å². The first kappa shape index (κ1) is 12.0. The molecule has 3 rings (SSSR count). The minimum Gasteiger partial charge on any atom is -0.508 e. The van der Waals surface area contributed by atoms with Gasteiger partial charge in [0.05, 0.1) is 0 Å². The molecule has 0 unspecified atom stereocenters. The van der Waals surface area contributed by atoms with Crippen molar-refractivity contribution in [1.29, 1.82) is 0 Å². The quantitative estimate of drug-likeness (QED) is 0.741. The maximum Gasteiger partial charge on any atom is 0.127 e. The fourth-order valence-electron chi connectivity index (χ4n) is 3.85. The highest BCUT2D eigenvalue weighted by atomic mass is 19.1. The zero-order valence-electron chi connectivity index (χ0n) is 11.2. The Hall–Kier alpha value is -1.09. The van der Waals surface area contributed by atoms with E-state index in [0.717, 1.165) is 24.1 Å². The molecule has 2 bridgehead atoms. The zero-order chi connectivity index (χ0) is 13.1. The summed E-state index contributed by atoms with van der Waals surface area (Å²) in [4.78, 5) is 0. The number of halogens is 1. The molecule has 3 heteroatoms. The van der Waals surface area contributed by atoms with Crippen LogP contribution >= 0.6 is 0 Å². The Kier molecular flexibility index (Phi) is 2.31. The number of phenolic OH excluding ortho intramolecular Hbond substituents is 1. The Labute approximate surface area is 107 Å². The largest absolute Gasteiger partial charge is 0.508 e. The Morgan fingerprint density at radius 2 is 2.06 bits per heavy atom. The van der Waals surface area contributed by atoms with E-state index >= 15 is 0 Å². The van der Waals surface area contributed by atoms with Gasteiger partial charge in [-0.3, -0.25) is 0 Å². The van der Waals surface area contributed by atoms with E-state index in [-0.39, 0.29) is 22.4 Å². The number of piperidine rings is 1. The van der Waals surface area contributed by atoms with Gasteiger partial charge in [0.15, 0.2) is 0 Å². The van der Waals surface area contributed by atoms with Crippen LogP contribution < -0.4 is 5.32 Å². The number of nitrogens with one attached hydrogen (secondary N) is 1. The molecule has 0 radical (unpaired) electrons. The van der Waals surface area contributed by atoms with Gasteiger partial charge in [-0.2, -0.15) is 0 Å². The maximum atomic E-state index is 14.3. The molecule has 2 nitrogen and oxygen atoms in total. The highest BCUT2D eigenvalue weighted by Crippen LogP contribution is 2.55. The van der Waals surface area contributed by atoms with Crippen LogP contribution in [0.25, 0.3) is 0 Å². The third-order valence-electron chi connectivity index (χ3n) is 5.51. The van der Waals surface area contributed by atoms with Crippen molar-refractivity contribution in [3.8, 4) is 5.75 Å². The summed E-state index contributed by atoms with van der Waals surface area (Å²) in [7, 11) is 0. The van der Waals surface area contributed by atoms with Gasteiger partial charge in [0, 0.05) is 22.6 Å². The second-order valence-electron chi connectivity index (χ2n) is 6.43. The number of rotatable bonds is 0. The van der Waals surface area contributed by atoms with Crippen LogP contribution in [0, 0.1) is 11.2 Å². The van der Waals surface area contributed by atoms with E-state index < -0.39 is 0 Å². The van der Waals surface area contributed by atoms with E-state index in [0.29, 0.717) is 12.5 Å². The molecule has 0 saturated carbocycles. The highest BCUT2D eigenvalue weighted by molar-refractivity contribution is 5.49. The highest BCUT2D eigenvalue weighted by Gasteiger charge is 2.54. The minimum absolute atomic E-state index is 0.00706. The topological polar surface area (TPSA) is 32.3 Å². The van der Waals surface area contributed by atoms with Crippen LogP contribution in [-0.2, 0) is 11.8 Å². The standard InChI is InChI=1S/C15H20FNO/c1-14(2)12-8-9-11(18)5-4-10(16)13(9)15(14,3)6-7-17-12/h4-5,12,17-18H,6-8H2,1-3H3/t12-,15-/m1/s1. The molecule has 18 heavy (non-hydrogen) atoms. The van der Waals surface area contributed by atoms with Gasteiger partial charge >= 0.3 is 0 Å². The Morgan fingerprint density at radius 3 is 2.78 bits per heavy atom. The van der Waals surface area contributed by atoms with Crippen LogP contribution in [0.15, 0.2) is 12.1 Å². The van der Waals surface area contributed by atoms with Crippen LogP contribution in [0.4, 0.5) is 4.39 Å². The second kappa shape index (κ2) is 3.47. The molecule has 2 aliphatic rings. The van der Waals surface area contributed by atoms with Gasteiger partial charge < -0.3 is 10.4 Å². The molecular formula is C15H20FNO. The molecule has 2 atom stereocenters. The second-order valence-corrected chi connectivity index (χ2v) is 6.43. The van der Waals surface area contributed by atoms with Crippen LogP contribution in [-0.4, -0.2) is 17.7 Å².